The van der Waals surface area contributed by atoms with Crippen LogP contribution in [-0.4, -0.2) is 29.1 Å². The predicted molar refractivity (Wildman–Crippen MR) is 210 cm³/mol. The summed E-state index contributed by atoms with van der Waals surface area (Å²) in [6.07, 6.45) is 57.4. The van der Waals surface area contributed by atoms with E-state index in [1.807, 2.05) is 0 Å². The highest BCUT2D eigenvalue weighted by molar-refractivity contribution is 4.97. The van der Waals surface area contributed by atoms with Gasteiger partial charge in [0.1, 0.15) is 6.17 Å². The number of rotatable bonds is 38. The van der Waals surface area contributed by atoms with Crippen molar-refractivity contribution in [2.45, 2.75) is 258 Å². The fourth-order valence-electron chi connectivity index (χ4n) is 7.60. The van der Waals surface area contributed by atoms with E-state index >= 15 is 0 Å². The average molecular weight is 645 g/mol. The van der Waals surface area contributed by atoms with Gasteiger partial charge in [-0.15, -0.1) is 0 Å². The molecular weight excluding hydrogens is 556 g/mol. The first kappa shape index (κ1) is 43.4. The molecular formula is C44H88N2. The van der Waals surface area contributed by atoms with Crippen LogP contribution in [0.25, 0.3) is 0 Å². The van der Waals surface area contributed by atoms with E-state index in [9.17, 15) is 0 Å². The molecule has 0 amide bonds. The second-order valence-electron chi connectivity index (χ2n) is 15.4. The molecule has 0 fully saturated rings. The molecule has 1 rings (SSSR count). The lowest BCUT2D eigenvalue weighted by atomic mass is 10.0. The summed E-state index contributed by atoms with van der Waals surface area (Å²) in [5.41, 5.74) is 0. The molecule has 0 aromatic carbocycles. The normalized spacial score (nSPS) is 14.7. The molecule has 0 saturated carbocycles. The van der Waals surface area contributed by atoms with Gasteiger partial charge in [-0.3, -0.25) is 0 Å². The van der Waals surface area contributed by atoms with Crippen LogP contribution in [0.1, 0.15) is 252 Å². The summed E-state index contributed by atoms with van der Waals surface area (Å²) in [6, 6.07) is 0. The zero-order valence-corrected chi connectivity index (χ0v) is 32.5. The Balaban J connectivity index is 2.20. The standard InChI is InChI=1S/C44H88N2/c1-4-7-10-13-16-19-22-23-24-26-29-32-35-38-41-46-43-42-45(40-37-34-31-28-25-20-17-14-11-8-5-2)44(46)39-36-33-30-27-21-18-15-12-9-6-3/h42-44H,4-41H2,1-3H3. The smallest absolute Gasteiger partial charge is 0.101 e. The van der Waals surface area contributed by atoms with E-state index in [2.05, 4.69) is 43.0 Å². The van der Waals surface area contributed by atoms with Gasteiger partial charge in [0, 0.05) is 25.5 Å². The Bertz CT molecular complexity index is 601. The number of nitrogens with zero attached hydrogens (tertiary/aromatic N) is 2. The topological polar surface area (TPSA) is 6.48 Å². The zero-order chi connectivity index (χ0) is 33.0. The molecule has 0 spiro atoms. The van der Waals surface area contributed by atoms with E-state index in [0.29, 0.717) is 6.17 Å². The SMILES string of the molecule is CCCCCCCCCCCCCCCCN1C=CN(CCCCCCCCCCCCC)C1CCCCCCCCCCCC. The Labute approximate surface area is 292 Å². The largest absolute Gasteiger partial charge is 0.356 e. The maximum absolute atomic E-state index is 2.73. The molecule has 0 aliphatic carbocycles. The molecule has 274 valence electrons. The van der Waals surface area contributed by atoms with Crippen LogP contribution in [0, 0.1) is 0 Å². The van der Waals surface area contributed by atoms with Crippen LogP contribution in [0.15, 0.2) is 12.4 Å². The minimum absolute atomic E-state index is 0.638. The lowest BCUT2D eigenvalue weighted by Gasteiger charge is -2.33. The van der Waals surface area contributed by atoms with E-state index < -0.39 is 0 Å². The Morgan fingerprint density at radius 2 is 0.500 bits per heavy atom. The second kappa shape index (κ2) is 35.6. The van der Waals surface area contributed by atoms with E-state index in [0.717, 1.165) is 0 Å². The molecule has 1 aliphatic rings. The molecule has 1 atom stereocenters. The van der Waals surface area contributed by atoms with Crippen molar-refractivity contribution in [3.05, 3.63) is 12.4 Å². The molecule has 1 unspecified atom stereocenters. The third-order valence-electron chi connectivity index (χ3n) is 10.8. The summed E-state index contributed by atoms with van der Waals surface area (Å²) in [7, 11) is 0. The van der Waals surface area contributed by atoms with Crippen molar-refractivity contribution in [3.63, 3.8) is 0 Å². The highest BCUT2D eigenvalue weighted by atomic mass is 15.4. The fraction of sp³-hybridized carbons (Fsp3) is 0.955. The monoisotopic (exact) mass is 645 g/mol. The summed E-state index contributed by atoms with van der Waals surface area (Å²) in [4.78, 5) is 5.46. The van der Waals surface area contributed by atoms with Gasteiger partial charge >= 0.3 is 0 Å². The summed E-state index contributed by atoms with van der Waals surface area (Å²) in [5.74, 6) is 0. The highest BCUT2D eigenvalue weighted by Crippen LogP contribution is 2.24. The van der Waals surface area contributed by atoms with Crippen molar-refractivity contribution in [1.82, 2.24) is 9.80 Å². The molecule has 2 nitrogen and oxygen atoms in total. The lowest BCUT2D eigenvalue weighted by molar-refractivity contribution is 0.135. The van der Waals surface area contributed by atoms with Crippen molar-refractivity contribution in [2.24, 2.45) is 0 Å². The fourth-order valence-corrected chi connectivity index (χ4v) is 7.60. The van der Waals surface area contributed by atoms with Crippen LogP contribution in [0.4, 0.5) is 0 Å². The van der Waals surface area contributed by atoms with Gasteiger partial charge < -0.3 is 9.80 Å². The third-order valence-corrected chi connectivity index (χ3v) is 10.8. The molecule has 0 bridgehead atoms. The first-order chi connectivity index (χ1) is 22.8. The van der Waals surface area contributed by atoms with Gasteiger partial charge in [0.05, 0.1) is 0 Å². The van der Waals surface area contributed by atoms with E-state index in [1.165, 1.54) is 244 Å². The molecule has 1 aliphatic heterocycles. The molecule has 2 heteroatoms. The van der Waals surface area contributed by atoms with Crippen LogP contribution in [0.3, 0.4) is 0 Å². The zero-order valence-electron chi connectivity index (χ0n) is 32.5. The van der Waals surface area contributed by atoms with Gasteiger partial charge in [0.2, 0.25) is 0 Å². The summed E-state index contributed by atoms with van der Waals surface area (Å²) >= 11 is 0. The molecule has 0 saturated heterocycles. The minimum Gasteiger partial charge on any atom is -0.356 e. The van der Waals surface area contributed by atoms with Crippen LogP contribution in [0.5, 0.6) is 0 Å². The van der Waals surface area contributed by atoms with Gasteiger partial charge in [-0.25, -0.2) is 0 Å². The first-order valence-corrected chi connectivity index (χ1v) is 22.0. The summed E-state index contributed by atoms with van der Waals surface area (Å²) in [5, 5.41) is 0. The van der Waals surface area contributed by atoms with Gasteiger partial charge in [0.25, 0.3) is 0 Å². The molecule has 0 radical (unpaired) electrons. The van der Waals surface area contributed by atoms with E-state index in [4.69, 9.17) is 0 Å². The van der Waals surface area contributed by atoms with Crippen molar-refractivity contribution in [2.75, 3.05) is 13.1 Å². The van der Waals surface area contributed by atoms with Crippen LogP contribution < -0.4 is 0 Å². The molecule has 1 heterocycles. The Morgan fingerprint density at radius 3 is 0.761 bits per heavy atom. The maximum Gasteiger partial charge on any atom is 0.101 e. The van der Waals surface area contributed by atoms with Crippen LogP contribution in [-0.2, 0) is 0 Å². The van der Waals surface area contributed by atoms with Crippen molar-refractivity contribution < 1.29 is 0 Å². The minimum atomic E-state index is 0.638. The Morgan fingerprint density at radius 1 is 0.283 bits per heavy atom. The maximum atomic E-state index is 2.73. The lowest BCUT2D eigenvalue weighted by Crippen LogP contribution is -2.39. The van der Waals surface area contributed by atoms with Crippen molar-refractivity contribution in [1.29, 1.82) is 0 Å². The van der Waals surface area contributed by atoms with Gasteiger partial charge in [-0.1, -0.05) is 226 Å². The summed E-state index contributed by atoms with van der Waals surface area (Å²) < 4.78 is 0. The predicted octanol–water partition coefficient (Wildman–Crippen LogP) is 15.5. The van der Waals surface area contributed by atoms with Gasteiger partial charge in [-0.05, 0) is 25.7 Å². The van der Waals surface area contributed by atoms with Crippen LogP contribution >= 0.6 is 0 Å². The Kier molecular flexibility index (Phi) is 33.6. The molecule has 0 N–H and O–H groups in total. The molecule has 0 aromatic rings. The van der Waals surface area contributed by atoms with E-state index in [1.54, 1.807) is 0 Å². The van der Waals surface area contributed by atoms with Crippen LogP contribution in [0.2, 0.25) is 0 Å². The first-order valence-electron chi connectivity index (χ1n) is 22.0. The quantitative estimate of drug-likeness (QED) is 0.0617. The average Bonchev–Trinajstić information content (AvgIpc) is 3.45. The molecule has 46 heavy (non-hydrogen) atoms. The van der Waals surface area contributed by atoms with E-state index in [-0.39, 0.29) is 0 Å². The van der Waals surface area contributed by atoms with Crippen molar-refractivity contribution >= 4 is 0 Å². The summed E-state index contributed by atoms with van der Waals surface area (Å²) in [6.45, 7) is 9.49. The van der Waals surface area contributed by atoms with Gasteiger partial charge in [-0.2, -0.15) is 0 Å². The number of hydrogen-bond acceptors (Lipinski definition) is 2. The third kappa shape index (κ3) is 27.3. The highest BCUT2D eigenvalue weighted by Gasteiger charge is 2.24. The second-order valence-corrected chi connectivity index (χ2v) is 15.4. The van der Waals surface area contributed by atoms with Crippen molar-refractivity contribution in [3.8, 4) is 0 Å². The molecule has 0 aromatic heterocycles. The number of hydrogen-bond donors (Lipinski definition) is 0. The number of unbranched alkanes of at least 4 members (excludes halogenated alkanes) is 32. The Hall–Kier alpha value is -0.660. The van der Waals surface area contributed by atoms with Gasteiger partial charge in [0.15, 0.2) is 0 Å².